The first-order valence-electron chi connectivity index (χ1n) is 8.48. The lowest BCUT2D eigenvalue weighted by Gasteiger charge is -2.32. The topological polar surface area (TPSA) is 91.1 Å². The fourth-order valence-electron chi connectivity index (χ4n) is 2.84. The zero-order valence-corrected chi connectivity index (χ0v) is 14.6. The van der Waals surface area contributed by atoms with Crippen LogP contribution in [0.2, 0.25) is 0 Å². The van der Waals surface area contributed by atoms with Gasteiger partial charge in [-0.1, -0.05) is 6.07 Å². The number of aromatic nitrogens is 2. The summed E-state index contributed by atoms with van der Waals surface area (Å²) in [5, 5.41) is 11.5. The van der Waals surface area contributed by atoms with E-state index in [1.54, 1.807) is 0 Å². The molecule has 1 aliphatic heterocycles. The number of urea groups is 1. The summed E-state index contributed by atoms with van der Waals surface area (Å²) < 4.78 is 44.1. The molecule has 0 saturated carbocycles. The fourth-order valence-corrected chi connectivity index (χ4v) is 2.84. The highest BCUT2D eigenvalue weighted by atomic mass is 19.4. The molecular weight excluding hydrogens is 375 g/mol. The van der Waals surface area contributed by atoms with Crippen LogP contribution < -0.4 is 10.1 Å². The van der Waals surface area contributed by atoms with Gasteiger partial charge in [0.1, 0.15) is 12.2 Å². The van der Waals surface area contributed by atoms with Gasteiger partial charge in [0.2, 0.25) is 5.69 Å². The third kappa shape index (κ3) is 4.68. The molecule has 2 heterocycles. The molecule has 1 fully saturated rings. The third-order valence-corrected chi connectivity index (χ3v) is 4.16. The molecule has 2 amide bonds. The zero-order valence-electron chi connectivity index (χ0n) is 14.6. The van der Waals surface area contributed by atoms with E-state index >= 15 is 0 Å². The van der Waals surface area contributed by atoms with Crippen molar-refractivity contribution in [3.05, 3.63) is 47.9 Å². The first kappa shape index (κ1) is 19.4. The second-order valence-corrected chi connectivity index (χ2v) is 6.16. The SMILES string of the molecule is N#Cc1nccnc1OC1CCCN(C(=O)Nc2cccc(C(F)(F)F)c2)C1. The Morgan fingerprint density at radius 3 is 2.86 bits per heavy atom. The van der Waals surface area contributed by atoms with Crippen LogP contribution in [0.5, 0.6) is 5.88 Å². The first-order chi connectivity index (χ1) is 13.4. The number of benzene rings is 1. The van der Waals surface area contributed by atoms with Gasteiger partial charge >= 0.3 is 12.2 Å². The molecule has 1 N–H and O–H groups in total. The van der Waals surface area contributed by atoms with Crippen LogP contribution in [0.3, 0.4) is 0 Å². The van der Waals surface area contributed by atoms with Crippen molar-refractivity contribution in [1.29, 1.82) is 5.26 Å². The maximum absolute atomic E-state index is 12.8. The van der Waals surface area contributed by atoms with Gasteiger partial charge in [0, 0.05) is 24.6 Å². The number of nitrogens with zero attached hydrogens (tertiary/aromatic N) is 4. The summed E-state index contributed by atoms with van der Waals surface area (Å²) in [6, 6.07) is 5.81. The van der Waals surface area contributed by atoms with Crippen LogP contribution in [-0.4, -0.2) is 40.1 Å². The Bertz CT molecular complexity index is 897. The third-order valence-electron chi connectivity index (χ3n) is 4.16. The second-order valence-electron chi connectivity index (χ2n) is 6.16. The van der Waals surface area contributed by atoms with Gasteiger partial charge in [0.05, 0.1) is 12.1 Å². The van der Waals surface area contributed by atoms with Crippen molar-refractivity contribution in [2.75, 3.05) is 18.4 Å². The molecule has 3 rings (SSSR count). The maximum Gasteiger partial charge on any atom is 0.416 e. The Labute approximate surface area is 158 Å². The summed E-state index contributed by atoms with van der Waals surface area (Å²) in [4.78, 5) is 21.8. The standard InChI is InChI=1S/C18H16F3N5O2/c19-18(20,21)12-3-1-4-13(9-12)25-17(27)26-8-2-5-14(11-26)28-16-15(10-22)23-6-7-24-16/h1,3-4,6-7,9,14H,2,5,8,11H2,(H,25,27). The number of carbonyl (C=O) groups excluding carboxylic acids is 1. The summed E-state index contributed by atoms with van der Waals surface area (Å²) in [5.74, 6) is 0.0927. The largest absolute Gasteiger partial charge is 0.470 e. The summed E-state index contributed by atoms with van der Waals surface area (Å²) >= 11 is 0. The zero-order chi connectivity index (χ0) is 20.1. The van der Waals surface area contributed by atoms with Crippen molar-refractivity contribution in [3.63, 3.8) is 0 Å². The average molecular weight is 391 g/mol. The summed E-state index contributed by atoms with van der Waals surface area (Å²) in [6.45, 7) is 0.655. The van der Waals surface area contributed by atoms with E-state index in [1.165, 1.54) is 29.4 Å². The Kier molecular flexibility index (Phi) is 5.63. The van der Waals surface area contributed by atoms with Gasteiger partial charge in [-0.15, -0.1) is 0 Å². The lowest BCUT2D eigenvalue weighted by Crippen LogP contribution is -2.46. The molecular formula is C18H16F3N5O2. The first-order valence-corrected chi connectivity index (χ1v) is 8.48. The molecule has 28 heavy (non-hydrogen) atoms. The van der Waals surface area contributed by atoms with E-state index in [4.69, 9.17) is 10.00 Å². The number of hydrogen-bond donors (Lipinski definition) is 1. The lowest BCUT2D eigenvalue weighted by atomic mass is 10.1. The lowest BCUT2D eigenvalue weighted by molar-refractivity contribution is -0.137. The van der Waals surface area contributed by atoms with Crippen LogP contribution in [0, 0.1) is 11.3 Å². The van der Waals surface area contributed by atoms with Crippen LogP contribution in [-0.2, 0) is 6.18 Å². The second kappa shape index (κ2) is 8.12. The minimum Gasteiger partial charge on any atom is -0.470 e. The highest BCUT2D eigenvalue weighted by molar-refractivity contribution is 5.89. The Balaban J connectivity index is 1.64. The van der Waals surface area contributed by atoms with Gasteiger partial charge in [-0.05, 0) is 31.0 Å². The van der Waals surface area contributed by atoms with E-state index in [2.05, 4.69) is 15.3 Å². The van der Waals surface area contributed by atoms with Gasteiger partial charge < -0.3 is 15.0 Å². The van der Waals surface area contributed by atoms with E-state index in [1.807, 2.05) is 6.07 Å². The number of nitrogens with one attached hydrogen (secondary N) is 1. The van der Waals surface area contributed by atoms with E-state index < -0.39 is 23.9 Å². The van der Waals surface area contributed by atoms with E-state index in [0.29, 0.717) is 19.4 Å². The number of ether oxygens (including phenoxy) is 1. The van der Waals surface area contributed by atoms with Gasteiger partial charge in [-0.25, -0.2) is 14.8 Å². The monoisotopic (exact) mass is 391 g/mol. The molecule has 0 spiro atoms. The van der Waals surface area contributed by atoms with Gasteiger partial charge in [0.25, 0.3) is 5.88 Å². The van der Waals surface area contributed by atoms with Crippen LogP contribution in [0.15, 0.2) is 36.7 Å². The van der Waals surface area contributed by atoms with Gasteiger partial charge in [-0.2, -0.15) is 18.4 Å². The van der Waals surface area contributed by atoms with E-state index in [9.17, 15) is 18.0 Å². The number of hydrogen-bond acceptors (Lipinski definition) is 5. The summed E-state index contributed by atoms with van der Waals surface area (Å²) in [6.07, 6.45) is -0.819. The smallest absolute Gasteiger partial charge is 0.416 e. The average Bonchev–Trinajstić information content (AvgIpc) is 2.68. The highest BCUT2D eigenvalue weighted by Crippen LogP contribution is 2.30. The Hall–Kier alpha value is -3.35. The minimum absolute atomic E-state index is 0.0491. The van der Waals surface area contributed by atoms with Gasteiger partial charge in [0.15, 0.2) is 0 Å². The number of halogens is 3. The van der Waals surface area contributed by atoms with Crippen LogP contribution in [0.4, 0.5) is 23.7 Å². The van der Waals surface area contributed by atoms with Crippen LogP contribution >= 0.6 is 0 Å². The molecule has 0 aliphatic carbocycles. The van der Waals surface area contributed by atoms with E-state index in [-0.39, 0.29) is 23.8 Å². The molecule has 1 saturated heterocycles. The van der Waals surface area contributed by atoms with Crippen molar-refractivity contribution in [3.8, 4) is 11.9 Å². The molecule has 10 heteroatoms. The van der Waals surface area contributed by atoms with Crippen molar-refractivity contribution in [1.82, 2.24) is 14.9 Å². The molecule has 1 aromatic carbocycles. The predicted molar refractivity (Wildman–Crippen MR) is 92.4 cm³/mol. The normalized spacial score (nSPS) is 16.9. The van der Waals surface area contributed by atoms with Crippen molar-refractivity contribution < 1.29 is 22.7 Å². The quantitative estimate of drug-likeness (QED) is 0.866. The summed E-state index contributed by atoms with van der Waals surface area (Å²) in [5.41, 5.74) is -0.728. The maximum atomic E-state index is 12.8. The molecule has 0 bridgehead atoms. The molecule has 2 aromatic rings. The van der Waals surface area contributed by atoms with Crippen molar-refractivity contribution in [2.24, 2.45) is 0 Å². The number of carbonyl (C=O) groups is 1. The highest BCUT2D eigenvalue weighted by Gasteiger charge is 2.31. The number of rotatable bonds is 3. The number of anilines is 1. The number of amides is 2. The summed E-state index contributed by atoms with van der Waals surface area (Å²) in [7, 11) is 0. The molecule has 1 unspecified atom stereocenters. The number of likely N-dealkylation sites (tertiary alicyclic amines) is 1. The molecule has 0 radical (unpaired) electrons. The van der Waals surface area contributed by atoms with Crippen molar-refractivity contribution >= 4 is 11.7 Å². The molecule has 7 nitrogen and oxygen atoms in total. The van der Waals surface area contributed by atoms with Crippen molar-refractivity contribution in [2.45, 2.75) is 25.1 Å². The number of piperidine rings is 1. The molecule has 1 atom stereocenters. The minimum atomic E-state index is -4.49. The van der Waals surface area contributed by atoms with Crippen LogP contribution in [0.25, 0.3) is 0 Å². The van der Waals surface area contributed by atoms with E-state index in [0.717, 1.165) is 12.1 Å². The Morgan fingerprint density at radius 1 is 1.32 bits per heavy atom. The predicted octanol–water partition coefficient (Wildman–Crippen LogP) is 3.44. The molecule has 146 valence electrons. The molecule has 1 aliphatic rings. The fraction of sp³-hybridized carbons (Fsp3) is 0.333. The number of nitriles is 1. The van der Waals surface area contributed by atoms with Crippen LogP contribution in [0.1, 0.15) is 24.1 Å². The Morgan fingerprint density at radius 2 is 2.11 bits per heavy atom. The van der Waals surface area contributed by atoms with Gasteiger partial charge in [-0.3, -0.25) is 0 Å². The number of alkyl halides is 3. The molecule has 1 aromatic heterocycles.